The van der Waals surface area contributed by atoms with Crippen LogP contribution in [0.4, 0.5) is 0 Å². The average Bonchev–Trinajstić information content (AvgIpc) is 3.69. The number of rotatable bonds is 5. The van der Waals surface area contributed by atoms with E-state index in [0.29, 0.717) is 5.82 Å². The Hall–Kier alpha value is -6.26. The van der Waals surface area contributed by atoms with E-state index in [4.69, 9.17) is 9.97 Å². The molecule has 0 saturated carbocycles. The van der Waals surface area contributed by atoms with Crippen molar-refractivity contribution in [2.45, 2.75) is 0 Å². The molecule has 46 heavy (non-hydrogen) atoms. The highest BCUT2D eigenvalue weighted by molar-refractivity contribution is 6.09. The number of nitrogens with zero attached hydrogens (tertiary/aromatic N) is 4. The number of para-hydroxylation sites is 3. The molecule has 4 nitrogen and oxygen atoms in total. The van der Waals surface area contributed by atoms with Crippen LogP contribution in [0.2, 0.25) is 0 Å². The first-order chi connectivity index (χ1) is 22.8. The molecule has 0 bridgehead atoms. The van der Waals surface area contributed by atoms with Crippen LogP contribution in [0.3, 0.4) is 0 Å². The molecule has 0 radical (unpaired) electrons. The van der Waals surface area contributed by atoms with Crippen LogP contribution in [0.5, 0.6) is 0 Å². The van der Waals surface area contributed by atoms with E-state index in [-0.39, 0.29) is 0 Å². The molecule has 0 aliphatic rings. The highest BCUT2D eigenvalue weighted by atomic mass is 15.1. The molecular formula is C42H28N4. The normalized spacial score (nSPS) is 11.5. The second-order valence-corrected chi connectivity index (χ2v) is 11.5. The maximum atomic E-state index is 5.18. The number of hydrogen-bond donors (Lipinski definition) is 0. The van der Waals surface area contributed by atoms with E-state index in [1.54, 1.807) is 0 Å². The van der Waals surface area contributed by atoms with Crippen LogP contribution in [0, 0.1) is 0 Å². The molecule has 0 amide bonds. The topological polar surface area (TPSA) is 35.6 Å². The first-order valence-corrected chi connectivity index (χ1v) is 15.5. The van der Waals surface area contributed by atoms with Gasteiger partial charge in [-0.05, 0) is 42.0 Å². The quantitative estimate of drug-likeness (QED) is 0.200. The van der Waals surface area contributed by atoms with Crippen molar-refractivity contribution < 1.29 is 0 Å². The molecule has 0 N–H and O–H groups in total. The zero-order valence-corrected chi connectivity index (χ0v) is 25.0. The van der Waals surface area contributed by atoms with Crippen LogP contribution >= 0.6 is 0 Å². The van der Waals surface area contributed by atoms with E-state index in [1.807, 2.05) is 24.3 Å². The monoisotopic (exact) mass is 588 g/mol. The molecule has 0 aliphatic heterocycles. The summed E-state index contributed by atoms with van der Waals surface area (Å²) < 4.78 is 4.62. The fraction of sp³-hybridized carbons (Fsp3) is 0. The summed E-state index contributed by atoms with van der Waals surface area (Å²) >= 11 is 0. The number of fused-ring (bicyclic) bond motifs is 4. The molecule has 0 spiro atoms. The Morgan fingerprint density at radius 2 is 0.957 bits per heavy atom. The smallest absolute Gasteiger partial charge is 0.162 e. The minimum atomic E-state index is 0.697. The molecule has 216 valence electrons. The summed E-state index contributed by atoms with van der Waals surface area (Å²) in [7, 11) is 0. The Kier molecular flexibility index (Phi) is 6.10. The van der Waals surface area contributed by atoms with Gasteiger partial charge in [-0.15, -0.1) is 0 Å². The maximum absolute atomic E-state index is 5.18. The summed E-state index contributed by atoms with van der Waals surface area (Å²) in [4.78, 5) is 10.2. The van der Waals surface area contributed by atoms with E-state index in [2.05, 4.69) is 155 Å². The van der Waals surface area contributed by atoms with E-state index in [0.717, 1.165) is 50.5 Å². The fourth-order valence-corrected chi connectivity index (χ4v) is 6.62. The number of hydrogen-bond acceptors (Lipinski definition) is 2. The average molecular weight is 589 g/mol. The second-order valence-electron chi connectivity index (χ2n) is 11.5. The molecule has 6 aromatic carbocycles. The minimum absolute atomic E-state index is 0.697. The molecule has 9 aromatic rings. The highest BCUT2D eigenvalue weighted by Crippen LogP contribution is 2.36. The van der Waals surface area contributed by atoms with Crippen molar-refractivity contribution in [3.8, 4) is 45.4 Å². The van der Waals surface area contributed by atoms with Gasteiger partial charge in [-0.1, -0.05) is 127 Å². The zero-order chi connectivity index (χ0) is 30.5. The van der Waals surface area contributed by atoms with E-state index in [9.17, 15) is 0 Å². The summed E-state index contributed by atoms with van der Waals surface area (Å²) in [5.74, 6) is 1.53. The van der Waals surface area contributed by atoms with Crippen molar-refractivity contribution in [1.82, 2.24) is 19.1 Å². The first-order valence-electron chi connectivity index (χ1n) is 15.5. The fourth-order valence-electron chi connectivity index (χ4n) is 6.62. The van der Waals surface area contributed by atoms with Gasteiger partial charge < -0.3 is 4.57 Å². The van der Waals surface area contributed by atoms with E-state index < -0.39 is 0 Å². The van der Waals surface area contributed by atoms with Gasteiger partial charge in [0, 0.05) is 39.0 Å². The largest absolute Gasteiger partial charge is 0.309 e. The van der Waals surface area contributed by atoms with Crippen LogP contribution in [0.25, 0.3) is 78.1 Å². The minimum Gasteiger partial charge on any atom is -0.309 e. The molecular weight excluding hydrogens is 560 g/mol. The van der Waals surface area contributed by atoms with E-state index >= 15 is 0 Å². The summed E-state index contributed by atoms with van der Waals surface area (Å²) in [6, 6.07) is 59.6. The predicted molar refractivity (Wildman–Crippen MR) is 190 cm³/mol. The van der Waals surface area contributed by atoms with Crippen molar-refractivity contribution in [2.75, 3.05) is 0 Å². The zero-order valence-electron chi connectivity index (χ0n) is 25.0. The van der Waals surface area contributed by atoms with Crippen LogP contribution in [-0.2, 0) is 0 Å². The molecule has 0 saturated heterocycles. The molecule has 3 aromatic heterocycles. The van der Waals surface area contributed by atoms with Gasteiger partial charge in [0.25, 0.3) is 0 Å². The molecule has 0 fully saturated rings. The lowest BCUT2D eigenvalue weighted by molar-refractivity contribution is 1.02. The highest BCUT2D eigenvalue weighted by Gasteiger charge is 2.18. The van der Waals surface area contributed by atoms with Crippen molar-refractivity contribution in [2.24, 2.45) is 0 Å². The Labute approximate surface area is 266 Å². The lowest BCUT2D eigenvalue weighted by atomic mass is 10.1. The Bertz CT molecular complexity index is 2400. The van der Waals surface area contributed by atoms with E-state index in [1.165, 1.54) is 21.8 Å². The lowest BCUT2D eigenvalue weighted by Crippen LogP contribution is -2.04. The predicted octanol–water partition coefficient (Wildman–Crippen LogP) is 10.5. The van der Waals surface area contributed by atoms with Crippen LogP contribution in [0.15, 0.2) is 170 Å². The van der Waals surface area contributed by atoms with Crippen LogP contribution < -0.4 is 0 Å². The summed E-state index contributed by atoms with van der Waals surface area (Å²) in [5.41, 5.74) is 9.74. The van der Waals surface area contributed by atoms with Gasteiger partial charge >= 0.3 is 0 Å². The molecule has 4 heteroatoms. The van der Waals surface area contributed by atoms with Gasteiger partial charge in [-0.2, -0.15) is 0 Å². The Morgan fingerprint density at radius 1 is 0.391 bits per heavy atom. The van der Waals surface area contributed by atoms with Crippen molar-refractivity contribution in [3.05, 3.63) is 170 Å². The van der Waals surface area contributed by atoms with Crippen molar-refractivity contribution in [3.63, 3.8) is 0 Å². The van der Waals surface area contributed by atoms with Gasteiger partial charge in [0.15, 0.2) is 5.82 Å². The first kappa shape index (κ1) is 26.2. The summed E-state index contributed by atoms with van der Waals surface area (Å²) in [6.07, 6.45) is 0. The number of aromatic nitrogens is 4. The van der Waals surface area contributed by atoms with Crippen molar-refractivity contribution >= 4 is 32.7 Å². The SMILES string of the molecule is c1ccc(-c2cc(-n3c(-c4ccc(-n5c6ccccc6c6ccccc65)cc4)cc4ccccc43)nc(-c3ccccc3)n2)cc1. The maximum Gasteiger partial charge on any atom is 0.162 e. The summed E-state index contributed by atoms with van der Waals surface area (Å²) in [6.45, 7) is 0. The van der Waals surface area contributed by atoms with Gasteiger partial charge in [0.2, 0.25) is 0 Å². The molecule has 0 aliphatic carbocycles. The third-order valence-corrected chi connectivity index (χ3v) is 8.76. The summed E-state index contributed by atoms with van der Waals surface area (Å²) in [5, 5.41) is 3.68. The van der Waals surface area contributed by atoms with Crippen molar-refractivity contribution in [1.29, 1.82) is 0 Å². The molecule has 0 atom stereocenters. The van der Waals surface area contributed by atoms with Crippen LogP contribution in [-0.4, -0.2) is 19.1 Å². The molecule has 9 rings (SSSR count). The van der Waals surface area contributed by atoms with Crippen LogP contribution in [0.1, 0.15) is 0 Å². The van der Waals surface area contributed by atoms with Gasteiger partial charge in [-0.3, -0.25) is 4.57 Å². The Balaban J connectivity index is 1.24. The molecule has 0 unspecified atom stereocenters. The Morgan fingerprint density at radius 3 is 1.63 bits per heavy atom. The molecule has 3 heterocycles. The standard InChI is InChI=1S/C42H28N4/c1-3-13-29(14-4-1)36-28-41(44-42(43-36)31-15-5-2-6-16-31)46-37-20-10-7-17-32(37)27-40(46)30-23-25-33(26-24-30)45-38-21-11-8-18-34(38)35-19-9-12-22-39(35)45/h1-28H. The lowest BCUT2D eigenvalue weighted by Gasteiger charge is -2.15. The van der Waals surface area contributed by atoms with Gasteiger partial charge in [0.05, 0.1) is 27.9 Å². The van der Waals surface area contributed by atoms with Gasteiger partial charge in [-0.25, -0.2) is 9.97 Å². The third kappa shape index (κ3) is 4.31. The van der Waals surface area contributed by atoms with Gasteiger partial charge in [0.1, 0.15) is 5.82 Å². The number of benzene rings is 6. The second kappa shape index (κ2) is 10.7. The third-order valence-electron chi connectivity index (χ3n) is 8.76.